The number of rotatable bonds is 5. The van der Waals surface area contributed by atoms with Crippen LogP contribution in [-0.4, -0.2) is 21.3 Å². The first-order chi connectivity index (χ1) is 10.3. The molecule has 0 amide bonds. The summed E-state index contributed by atoms with van der Waals surface area (Å²) in [6, 6.07) is 12.3. The molecule has 0 bridgehead atoms. The quantitative estimate of drug-likeness (QED) is 0.680. The molecular formula is C16H15N3OS. The lowest BCUT2D eigenvalue weighted by atomic mass is 10.1. The second-order valence-corrected chi connectivity index (χ2v) is 5.91. The van der Waals surface area contributed by atoms with Gasteiger partial charge < -0.3 is 0 Å². The van der Waals surface area contributed by atoms with E-state index in [1.54, 1.807) is 11.3 Å². The highest BCUT2D eigenvalue weighted by molar-refractivity contribution is 7.09. The summed E-state index contributed by atoms with van der Waals surface area (Å²) >= 11 is 1.67. The number of nitrogens with zero attached hydrogens (tertiary/aromatic N) is 3. The Morgan fingerprint density at radius 1 is 1.24 bits per heavy atom. The smallest absolute Gasteiger partial charge is 0.172 e. The maximum atomic E-state index is 11.2. The summed E-state index contributed by atoms with van der Waals surface area (Å²) in [5, 5.41) is 10.2. The third-order valence-corrected chi connectivity index (χ3v) is 4.36. The minimum atomic E-state index is 0.428. The maximum absolute atomic E-state index is 11.2. The number of hydrogen-bond acceptors (Lipinski definition) is 4. The van der Waals surface area contributed by atoms with Crippen molar-refractivity contribution in [1.29, 1.82) is 0 Å². The van der Waals surface area contributed by atoms with Gasteiger partial charge in [0, 0.05) is 11.3 Å². The molecule has 0 saturated heterocycles. The molecule has 0 radical (unpaired) electrons. The highest BCUT2D eigenvalue weighted by atomic mass is 32.1. The van der Waals surface area contributed by atoms with E-state index in [2.05, 4.69) is 35.4 Å². The first-order valence-corrected chi connectivity index (χ1v) is 7.60. The first-order valence-electron chi connectivity index (χ1n) is 6.72. The van der Waals surface area contributed by atoms with Gasteiger partial charge in [-0.2, -0.15) is 0 Å². The number of thiophene rings is 1. The molecule has 0 atom stereocenters. The zero-order chi connectivity index (χ0) is 14.7. The van der Waals surface area contributed by atoms with Crippen molar-refractivity contribution in [2.45, 2.75) is 19.9 Å². The number of aldehydes is 1. The Hall–Kier alpha value is -2.27. The number of aromatic nitrogens is 3. The van der Waals surface area contributed by atoms with Gasteiger partial charge in [-0.15, -0.1) is 16.4 Å². The maximum Gasteiger partial charge on any atom is 0.172 e. The normalized spacial score (nSPS) is 10.7. The van der Waals surface area contributed by atoms with E-state index in [1.807, 2.05) is 28.3 Å². The van der Waals surface area contributed by atoms with Gasteiger partial charge in [-0.1, -0.05) is 35.5 Å². The Morgan fingerprint density at radius 3 is 2.81 bits per heavy atom. The molecule has 0 N–H and O–H groups in total. The summed E-state index contributed by atoms with van der Waals surface area (Å²) in [6.45, 7) is 2.71. The Kier molecular flexibility index (Phi) is 3.92. The number of benzene rings is 1. The van der Waals surface area contributed by atoms with Crippen LogP contribution in [0.2, 0.25) is 0 Å². The molecule has 0 aliphatic rings. The van der Waals surface area contributed by atoms with Crippen LogP contribution >= 0.6 is 11.3 Å². The fourth-order valence-electron chi connectivity index (χ4n) is 2.27. The molecule has 5 heteroatoms. The molecule has 0 spiro atoms. The molecule has 0 aliphatic heterocycles. The Labute approximate surface area is 127 Å². The predicted octanol–water partition coefficient (Wildman–Crippen LogP) is 3.10. The van der Waals surface area contributed by atoms with E-state index in [1.165, 1.54) is 16.0 Å². The molecule has 3 rings (SSSR count). The van der Waals surface area contributed by atoms with Crippen molar-refractivity contribution in [3.63, 3.8) is 0 Å². The van der Waals surface area contributed by atoms with Crippen molar-refractivity contribution < 1.29 is 4.79 Å². The summed E-state index contributed by atoms with van der Waals surface area (Å²) in [5.41, 5.74) is 3.70. The van der Waals surface area contributed by atoms with Crippen LogP contribution in [0.5, 0.6) is 0 Å². The fraction of sp³-hybridized carbons (Fsp3) is 0.188. The Morgan fingerprint density at radius 2 is 2.10 bits per heavy atom. The average molecular weight is 297 g/mol. The second-order valence-electron chi connectivity index (χ2n) is 4.88. The van der Waals surface area contributed by atoms with Gasteiger partial charge in [0.15, 0.2) is 6.29 Å². The van der Waals surface area contributed by atoms with Crippen LogP contribution < -0.4 is 0 Å². The topological polar surface area (TPSA) is 47.8 Å². The summed E-state index contributed by atoms with van der Waals surface area (Å²) in [6.07, 6.45) is 1.47. The third-order valence-electron chi connectivity index (χ3n) is 3.48. The van der Waals surface area contributed by atoms with Crippen LogP contribution in [-0.2, 0) is 13.0 Å². The van der Waals surface area contributed by atoms with Crippen molar-refractivity contribution in [3.05, 3.63) is 69.2 Å². The molecule has 0 unspecified atom stereocenters. The highest BCUT2D eigenvalue weighted by Crippen LogP contribution is 2.18. The SMILES string of the molecule is Cc1ccccc1Cn1nnc(C=O)c1Cc1cccs1. The number of aryl methyl sites for hydroxylation is 1. The minimum Gasteiger partial charge on any atom is -0.296 e. The fourth-order valence-corrected chi connectivity index (χ4v) is 2.98. The average Bonchev–Trinajstić information content (AvgIpc) is 3.13. The van der Waals surface area contributed by atoms with Crippen molar-refractivity contribution in [3.8, 4) is 0 Å². The molecule has 2 aromatic heterocycles. The van der Waals surface area contributed by atoms with E-state index in [4.69, 9.17) is 0 Å². The van der Waals surface area contributed by atoms with Crippen molar-refractivity contribution in [1.82, 2.24) is 15.0 Å². The van der Waals surface area contributed by atoms with Crippen LogP contribution in [0.4, 0.5) is 0 Å². The summed E-state index contributed by atoms with van der Waals surface area (Å²) in [7, 11) is 0. The molecule has 21 heavy (non-hydrogen) atoms. The van der Waals surface area contributed by atoms with Gasteiger partial charge in [0.25, 0.3) is 0 Å². The molecular weight excluding hydrogens is 282 g/mol. The van der Waals surface area contributed by atoms with E-state index in [9.17, 15) is 4.79 Å². The van der Waals surface area contributed by atoms with Crippen LogP contribution in [0, 0.1) is 6.92 Å². The lowest BCUT2D eigenvalue weighted by molar-refractivity contribution is 0.111. The Bertz CT molecular complexity index is 747. The lowest BCUT2D eigenvalue weighted by Crippen LogP contribution is -2.08. The van der Waals surface area contributed by atoms with Gasteiger partial charge in [0.05, 0.1) is 12.2 Å². The van der Waals surface area contributed by atoms with E-state index in [-0.39, 0.29) is 0 Å². The number of hydrogen-bond donors (Lipinski definition) is 0. The van der Waals surface area contributed by atoms with Gasteiger partial charge >= 0.3 is 0 Å². The number of carbonyl (C=O) groups excluding carboxylic acids is 1. The standard InChI is InChI=1S/C16H15N3OS/c1-12-5-2-3-6-13(12)10-19-16(15(11-20)17-18-19)9-14-7-4-8-21-14/h2-8,11H,9-10H2,1H3. The highest BCUT2D eigenvalue weighted by Gasteiger charge is 2.14. The van der Waals surface area contributed by atoms with Gasteiger partial charge in [-0.05, 0) is 29.5 Å². The first kappa shape index (κ1) is 13.7. The minimum absolute atomic E-state index is 0.428. The molecule has 0 fully saturated rings. The van der Waals surface area contributed by atoms with Crippen molar-refractivity contribution in [2.75, 3.05) is 0 Å². The zero-order valence-electron chi connectivity index (χ0n) is 11.7. The van der Waals surface area contributed by atoms with Crippen LogP contribution in [0.3, 0.4) is 0 Å². The van der Waals surface area contributed by atoms with E-state index in [0.717, 1.165) is 12.0 Å². The molecule has 3 aromatic rings. The molecule has 106 valence electrons. The molecule has 2 heterocycles. The summed E-state index contributed by atoms with van der Waals surface area (Å²) in [5.74, 6) is 0. The van der Waals surface area contributed by atoms with E-state index in [0.29, 0.717) is 18.7 Å². The molecule has 0 saturated carbocycles. The predicted molar refractivity (Wildman–Crippen MR) is 82.8 cm³/mol. The molecule has 0 aliphatic carbocycles. The van der Waals surface area contributed by atoms with Crippen molar-refractivity contribution in [2.24, 2.45) is 0 Å². The molecule has 1 aromatic carbocycles. The lowest BCUT2D eigenvalue weighted by Gasteiger charge is -2.08. The third kappa shape index (κ3) is 2.92. The monoisotopic (exact) mass is 297 g/mol. The van der Waals surface area contributed by atoms with Crippen LogP contribution in [0.1, 0.15) is 32.2 Å². The number of carbonyl (C=O) groups is 1. The van der Waals surface area contributed by atoms with E-state index >= 15 is 0 Å². The van der Waals surface area contributed by atoms with Crippen LogP contribution in [0.15, 0.2) is 41.8 Å². The van der Waals surface area contributed by atoms with Gasteiger partial charge in [-0.3, -0.25) is 4.79 Å². The molecule has 4 nitrogen and oxygen atoms in total. The van der Waals surface area contributed by atoms with Gasteiger partial charge in [0.2, 0.25) is 0 Å². The van der Waals surface area contributed by atoms with Gasteiger partial charge in [-0.25, -0.2) is 4.68 Å². The summed E-state index contributed by atoms with van der Waals surface area (Å²) < 4.78 is 1.83. The summed E-state index contributed by atoms with van der Waals surface area (Å²) in [4.78, 5) is 12.4. The van der Waals surface area contributed by atoms with E-state index < -0.39 is 0 Å². The van der Waals surface area contributed by atoms with Crippen LogP contribution in [0.25, 0.3) is 0 Å². The van der Waals surface area contributed by atoms with Crippen molar-refractivity contribution >= 4 is 17.6 Å². The largest absolute Gasteiger partial charge is 0.296 e. The van der Waals surface area contributed by atoms with Gasteiger partial charge in [0.1, 0.15) is 5.69 Å². The second kappa shape index (κ2) is 6.01. The zero-order valence-corrected chi connectivity index (χ0v) is 12.5. The Balaban J connectivity index is 1.93.